The number of hydrogen-bond donors (Lipinski definition) is 1. The number of carbonyl (C=O) groups is 2. The van der Waals surface area contributed by atoms with Crippen molar-refractivity contribution in [1.82, 2.24) is 4.98 Å². The van der Waals surface area contributed by atoms with E-state index in [9.17, 15) is 19.1 Å². The van der Waals surface area contributed by atoms with E-state index in [1.165, 1.54) is 24.3 Å². The van der Waals surface area contributed by atoms with Crippen molar-refractivity contribution in [2.75, 3.05) is 6.61 Å². The number of ketones is 1. The summed E-state index contributed by atoms with van der Waals surface area (Å²) in [5.41, 5.74) is 4.80. The number of allylic oxidation sites excluding steroid dienone is 1. The Kier molecular flexibility index (Phi) is 5.64. The lowest BCUT2D eigenvalue weighted by atomic mass is 10.0. The lowest BCUT2D eigenvalue weighted by molar-refractivity contribution is 0.0475. The summed E-state index contributed by atoms with van der Waals surface area (Å²) < 4.78 is 18.5. The molecule has 0 spiro atoms. The molecule has 0 atom stereocenters. The molecule has 168 valence electrons. The van der Waals surface area contributed by atoms with Gasteiger partial charge in [-0.2, -0.15) is 0 Å². The second-order valence-electron chi connectivity index (χ2n) is 8.10. The van der Waals surface area contributed by atoms with Gasteiger partial charge in [-0.1, -0.05) is 30.3 Å². The first-order chi connectivity index (χ1) is 16.5. The molecule has 0 unspecified atom stereocenters. The predicted molar refractivity (Wildman–Crippen MR) is 127 cm³/mol. The number of phenols is 1. The molecular formula is C28H20FNO4. The summed E-state index contributed by atoms with van der Waals surface area (Å²) in [6.45, 7) is -0.438. The highest BCUT2D eigenvalue weighted by Gasteiger charge is 2.28. The van der Waals surface area contributed by atoms with Crippen molar-refractivity contribution in [1.29, 1.82) is 0 Å². The number of rotatable bonds is 5. The smallest absolute Gasteiger partial charge is 0.339 e. The summed E-state index contributed by atoms with van der Waals surface area (Å²) in [7, 11) is 0. The van der Waals surface area contributed by atoms with Gasteiger partial charge in [-0.25, -0.2) is 14.2 Å². The van der Waals surface area contributed by atoms with E-state index < -0.39 is 24.2 Å². The van der Waals surface area contributed by atoms with E-state index in [-0.39, 0.29) is 11.3 Å². The van der Waals surface area contributed by atoms with E-state index in [1.54, 1.807) is 12.1 Å². The second-order valence-corrected chi connectivity index (χ2v) is 8.10. The fourth-order valence-corrected chi connectivity index (χ4v) is 4.21. The molecule has 0 saturated heterocycles. The summed E-state index contributed by atoms with van der Waals surface area (Å²) in [5, 5.41) is 10.2. The minimum absolute atomic E-state index is 0.193. The number of Topliss-reactive ketones (excluding diaryl/α,β-unsaturated/α-hetero) is 1. The van der Waals surface area contributed by atoms with Crippen molar-refractivity contribution in [2.24, 2.45) is 0 Å². The van der Waals surface area contributed by atoms with Gasteiger partial charge >= 0.3 is 5.97 Å². The Morgan fingerprint density at radius 1 is 0.971 bits per heavy atom. The van der Waals surface area contributed by atoms with Crippen LogP contribution in [0.2, 0.25) is 0 Å². The van der Waals surface area contributed by atoms with E-state index >= 15 is 0 Å². The van der Waals surface area contributed by atoms with Crippen LogP contribution in [-0.2, 0) is 11.2 Å². The van der Waals surface area contributed by atoms with Gasteiger partial charge in [0.25, 0.3) is 0 Å². The van der Waals surface area contributed by atoms with Crippen LogP contribution in [0.5, 0.6) is 5.75 Å². The molecule has 0 saturated carbocycles. The van der Waals surface area contributed by atoms with Crippen molar-refractivity contribution < 1.29 is 23.8 Å². The van der Waals surface area contributed by atoms with Gasteiger partial charge in [0.2, 0.25) is 0 Å². The normalized spacial score (nSPS) is 13.7. The van der Waals surface area contributed by atoms with Crippen LogP contribution >= 0.6 is 0 Å². The summed E-state index contributed by atoms with van der Waals surface area (Å²) >= 11 is 0. The van der Waals surface area contributed by atoms with Gasteiger partial charge in [-0.05, 0) is 78.1 Å². The minimum atomic E-state index is -0.587. The average molecular weight is 453 g/mol. The van der Waals surface area contributed by atoms with E-state index in [0.29, 0.717) is 29.3 Å². The van der Waals surface area contributed by atoms with Crippen molar-refractivity contribution >= 4 is 34.3 Å². The number of phenolic OH excluding ortho intramolecular Hbond substituents is 1. The maximum atomic E-state index is 13.2. The highest BCUT2D eigenvalue weighted by atomic mass is 19.1. The van der Waals surface area contributed by atoms with Gasteiger partial charge in [0.15, 0.2) is 12.4 Å². The molecule has 0 bridgehead atoms. The lowest BCUT2D eigenvalue weighted by Gasteiger charge is -2.12. The molecule has 1 N–H and O–H groups in total. The van der Waals surface area contributed by atoms with Gasteiger partial charge in [0.1, 0.15) is 11.6 Å². The van der Waals surface area contributed by atoms with Crippen molar-refractivity contribution in [2.45, 2.75) is 12.8 Å². The van der Waals surface area contributed by atoms with Crippen LogP contribution in [0.25, 0.3) is 22.6 Å². The van der Waals surface area contributed by atoms with Crippen LogP contribution in [0, 0.1) is 5.82 Å². The number of carbonyl (C=O) groups excluding carboxylic acids is 2. The molecule has 4 aromatic rings. The third-order valence-corrected chi connectivity index (χ3v) is 5.88. The standard InChI is InChI=1S/C28H20FNO4/c29-20-10-7-18(8-11-20)25(32)16-34-28(33)26-22-3-1-2-4-24(22)30-27-19(9-14-23(26)27)15-17-5-12-21(31)13-6-17/h1-8,10-13,15,31H,9,14,16H2. The monoisotopic (exact) mass is 453 g/mol. The number of esters is 1. The lowest BCUT2D eigenvalue weighted by Crippen LogP contribution is -2.16. The van der Waals surface area contributed by atoms with Crippen LogP contribution < -0.4 is 0 Å². The average Bonchev–Trinajstić information content (AvgIpc) is 3.24. The molecule has 0 aliphatic heterocycles. The van der Waals surface area contributed by atoms with Gasteiger partial charge < -0.3 is 9.84 Å². The van der Waals surface area contributed by atoms with Gasteiger partial charge in [-0.3, -0.25) is 4.79 Å². The molecule has 1 aromatic heterocycles. The molecule has 0 amide bonds. The summed E-state index contributed by atoms with van der Waals surface area (Å²) in [5.74, 6) is -1.24. The van der Waals surface area contributed by atoms with Crippen molar-refractivity contribution in [3.8, 4) is 5.75 Å². The van der Waals surface area contributed by atoms with E-state index in [1.807, 2.05) is 42.5 Å². The molecule has 5 nitrogen and oxygen atoms in total. The Labute approximate surface area is 195 Å². The van der Waals surface area contributed by atoms with E-state index in [4.69, 9.17) is 9.72 Å². The summed E-state index contributed by atoms with van der Waals surface area (Å²) in [6, 6.07) is 19.3. The number of para-hydroxylation sites is 1. The molecule has 5 rings (SSSR count). The molecule has 1 aliphatic rings. The number of halogens is 1. The molecule has 1 aliphatic carbocycles. The molecule has 3 aromatic carbocycles. The number of hydrogen-bond acceptors (Lipinski definition) is 5. The quantitative estimate of drug-likeness (QED) is 0.314. The van der Waals surface area contributed by atoms with Gasteiger partial charge in [0.05, 0.1) is 16.8 Å². The maximum Gasteiger partial charge on any atom is 0.339 e. The molecule has 1 heterocycles. The fourth-order valence-electron chi connectivity index (χ4n) is 4.21. The molecule has 34 heavy (non-hydrogen) atoms. The van der Waals surface area contributed by atoms with E-state index in [0.717, 1.165) is 22.4 Å². The number of pyridine rings is 1. The van der Waals surface area contributed by atoms with Gasteiger partial charge in [0, 0.05) is 10.9 Å². The zero-order valence-corrected chi connectivity index (χ0v) is 18.1. The Morgan fingerprint density at radius 2 is 1.71 bits per heavy atom. The number of fused-ring (bicyclic) bond motifs is 2. The van der Waals surface area contributed by atoms with Crippen molar-refractivity contribution in [3.05, 3.63) is 107 Å². The SMILES string of the molecule is O=C(COC(=O)c1c2c(nc3ccccc13)C(=Cc1ccc(O)cc1)CC2)c1ccc(F)cc1. The van der Waals surface area contributed by atoms with Gasteiger partial charge in [-0.15, -0.1) is 0 Å². The first-order valence-corrected chi connectivity index (χ1v) is 10.9. The second kappa shape index (κ2) is 8.90. The zero-order chi connectivity index (χ0) is 23.7. The predicted octanol–water partition coefficient (Wildman–Crippen LogP) is 5.61. The zero-order valence-electron chi connectivity index (χ0n) is 18.1. The van der Waals surface area contributed by atoms with Crippen LogP contribution in [0.1, 0.15) is 44.0 Å². The largest absolute Gasteiger partial charge is 0.508 e. The Bertz CT molecular complexity index is 1440. The fraction of sp³-hybridized carbons (Fsp3) is 0.107. The number of nitrogens with zero attached hydrogens (tertiary/aromatic N) is 1. The van der Waals surface area contributed by atoms with Crippen LogP contribution in [0.3, 0.4) is 0 Å². The maximum absolute atomic E-state index is 13.2. The van der Waals surface area contributed by atoms with Crippen LogP contribution in [0.4, 0.5) is 4.39 Å². The van der Waals surface area contributed by atoms with E-state index in [2.05, 4.69) is 0 Å². The Balaban J connectivity index is 1.48. The van der Waals surface area contributed by atoms with Crippen LogP contribution in [-0.4, -0.2) is 28.4 Å². The molecule has 6 heteroatoms. The highest BCUT2D eigenvalue weighted by Crippen LogP contribution is 2.38. The number of ether oxygens (including phenoxy) is 1. The molecular weight excluding hydrogens is 433 g/mol. The number of aromatic hydroxyl groups is 1. The third kappa shape index (κ3) is 4.18. The molecule has 0 radical (unpaired) electrons. The first-order valence-electron chi connectivity index (χ1n) is 10.9. The Hall–Kier alpha value is -4.32. The number of aromatic nitrogens is 1. The van der Waals surface area contributed by atoms with Crippen LogP contribution in [0.15, 0.2) is 72.8 Å². The first kappa shape index (κ1) is 21.5. The highest BCUT2D eigenvalue weighted by molar-refractivity contribution is 6.08. The molecule has 0 fully saturated rings. The van der Waals surface area contributed by atoms with Crippen molar-refractivity contribution in [3.63, 3.8) is 0 Å². The topological polar surface area (TPSA) is 76.5 Å². The number of benzene rings is 3. The summed E-state index contributed by atoms with van der Waals surface area (Å²) in [6.07, 6.45) is 3.32. The Morgan fingerprint density at radius 3 is 2.47 bits per heavy atom. The third-order valence-electron chi connectivity index (χ3n) is 5.88. The summed E-state index contributed by atoms with van der Waals surface area (Å²) in [4.78, 5) is 30.4. The minimum Gasteiger partial charge on any atom is -0.508 e.